The van der Waals surface area contributed by atoms with Gasteiger partial charge in [0.2, 0.25) is 15.9 Å². The van der Waals surface area contributed by atoms with Crippen molar-refractivity contribution < 1.29 is 23.1 Å². The molecule has 10 heteroatoms. The van der Waals surface area contributed by atoms with E-state index in [0.29, 0.717) is 12.8 Å². The van der Waals surface area contributed by atoms with Crippen LogP contribution >= 0.6 is 0 Å². The third kappa shape index (κ3) is 5.45. The van der Waals surface area contributed by atoms with E-state index in [1.54, 1.807) is 7.05 Å². The Labute approximate surface area is 128 Å². The van der Waals surface area contributed by atoms with Crippen LogP contribution in [0, 0.1) is 0 Å². The smallest absolute Gasteiger partial charge is 0.326 e. The van der Waals surface area contributed by atoms with Crippen molar-refractivity contribution in [3.63, 3.8) is 0 Å². The summed E-state index contributed by atoms with van der Waals surface area (Å²) in [5.74, 6) is -1.84. The lowest BCUT2D eigenvalue weighted by Gasteiger charge is -2.14. The van der Waals surface area contributed by atoms with E-state index in [0.717, 1.165) is 12.6 Å². The van der Waals surface area contributed by atoms with Gasteiger partial charge in [-0.2, -0.15) is 5.10 Å². The molecule has 0 spiro atoms. The van der Waals surface area contributed by atoms with E-state index in [1.807, 2.05) is 6.92 Å². The van der Waals surface area contributed by atoms with E-state index in [1.165, 1.54) is 10.9 Å². The van der Waals surface area contributed by atoms with Gasteiger partial charge in [0.05, 0.1) is 12.7 Å². The number of rotatable bonds is 9. The second-order valence-corrected chi connectivity index (χ2v) is 6.54. The first-order valence-corrected chi connectivity index (χ1v) is 8.25. The lowest BCUT2D eigenvalue weighted by molar-refractivity contribution is -0.141. The van der Waals surface area contributed by atoms with Crippen molar-refractivity contribution >= 4 is 21.9 Å². The molecular formula is C12H20N4O5S. The maximum absolute atomic E-state index is 11.9. The maximum Gasteiger partial charge on any atom is 0.326 e. The number of hydrogen-bond donors (Lipinski definition) is 3. The Bertz CT molecular complexity index is 625. The highest BCUT2D eigenvalue weighted by Crippen LogP contribution is 2.05. The van der Waals surface area contributed by atoms with Gasteiger partial charge in [-0.25, -0.2) is 17.9 Å². The zero-order valence-corrected chi connectivity index (χ0v) is 13.3. The second kappa shape index (κ2) is 7.90. The van der Waals surface area contributed by atoms with Gasteiger partial charge in [0.25, 0.3) is 0 Å². The van der Waals surface area contributed by atoms with E-state index in [9.17, 15) is 18.0 Å². The van der Waals surface area contributed by atoms with Gasteiger partial charge in [0, 0.05) is 13.2 Å². The highest BCUT2D eigenvalue weighted by molar-refractivity contribution is 7.89. The van der Waals surface area contributed by atoms with Gasteiger partial charge in [-0.3, -0.25) is 9.48 Å². The molecule has 1 aromatic heterocycles. The number of sulfonamides is 1. The highest BCUT2D eigenvalue weighted by Gasteiger charge is 2.21. The van der Waals surface area contributed by atoms with Crippen LogP contribution in [0.4, 0.5) is 0 Å². The number of carbonyl (C=O) groups excluding carboxylic acids is 1. The zero-order chi connectivity index (χ0) is 16.8. The number of carboxylic acid groups (broad SMARTS) is 1. The standard InChI is InChI=1S/C12H20N4O5S/c1-3-4-5-10(12(18)19)15-11(17)7-14-22(20,21)9-6-13-16(2)8-9/h6,8,10,14H,3-5,7H2,1-2H3,(H,15,17)(H,18,19)/t10-/m0/s1. The molecule has 1 heterocycles. The molecule has 0 saturated carbocycles. The number of carboxylic acids is 1. The summed E-state index contributed by atoms with van der Waals surface area (Å²) in [5.41, 5.74) is 0. The molecule has 0 unspecified atom stereocenters. The molecule has 3 N–H and O–H groups in total. The quantitative estimate of drug-likeness (QED) is 0.556. The molecule has 0 aliphatic rings. The predicted octanol–water partition coefficient (Wildman–Crippen LogP) is -0.542. The van der Waals surface area contributed by atoms with Crippen LogP contribution in [0.25, 0.3) is 0 Å². The van der Waals surface area contributed by atoms with Gasteiger partial charge in [0.15, 0.2) is 0 Å². The van der Waals surface area contributed by atoms with E-state index >= 15 is 0 Å². The molecule has 0 aromatic carbocycles. The van der Waals surface area contributed by atoms with Crippen LogP contribution in [0.3, 0.4) is 0 Å². The van der Waals surface area contributed by atoms with Gasteiger partial charge < -0.3 is 10.4 Å². The Hall–Kier alpha value is -1.94. The summed E-state index contributed by atoms with van der Waals surface area (Å²) < 4.78 is 27.2. The first-order chi connectivity index (χ1) is 10.3. The van der Waals surface area contributed by atoms with Crippen molar-refractivity contribution in [2.24, 2.45) is 7.05 Å². The van der Waals surface area contributed by atoms with Crippen LogP contribution in [0.5, 0.6) is 0 Å². The number of nitrogens with one attached hydrogen (secondary N) is 2. The third-order valence-electron chi connectivity index (χ3n) is 2.89. The maximum atomic E-state index is 11.9. The average Bonchev–Trinajstić information content (AvgIpc) is 2.88. The summed E-state index contributed by atoms with van der Waals surface area (Å²) >= 11 is 0. The summed E-state index contributed by atoms with van der Waals surface area (Å²) in [4.78, 5) is 22.6. The van der Waals surface area contributed by atoms with Crippen LogP contribution in [0.1, 0.15) is 26.2 Å². The van der Waals surface area contributed by atoms with E-state index in [2.05, 4.69) is 15.1 Å². The number of aliphatic carboxylic acids is 1. The first kappa shape index (κ1) is 18.1. The monoisotopic (exact) mass is 332 g/mol. The Balaban J connectivity index is 2.56. The summed E-state index contributed by atoms with van der Waals surface area (Å²) in [6, 6.07) is -1.02. The van der Waals surface area contributed by atoms with Crippen LogP contribution in [0.15, 0.2) is 17.3 Å². The molecule has 1 atom stereocenters. The molecule has 1 aromatic rings. The number of hydrogen-bond acceptors (Lipinski definition) is 5. The van der Waals surface area contributed by atoms with Gasteiger partial charge in [-0.05, 0) is 6.42 Å². The predicted molar refractivity (Wildman–Crippen MR) is 77.5 cm³/mol. The van der Waals surface area contributed by atoms with E-state index in [4.69, 9.17) is 5.11 Å². The molecule has 1 rings (SSSR count). The fraction of sp³-hybridized carbons (Fsp3) is 0.583. The summed E-state index contributed by atoms with van der Waals surface area (Å²) in [5, 5.41) is 15.0. The van der Waals surface area contributed by atoms with Crippen LogP contribution in [-0.4, -0.2) is 47.8 Å². The molecule has 0 aliphatic carbocycles. The molecule has 1 amide bonds. The van der Waals surface area contributed by atoms with Crippen molar-refractivity contribution in [2.45, 2.75) is 37.1 Å². The molecule has 124 valence electrons. The molecule has 0 bridgehead atoms. The van der Waals surface area contributed by atoms with Gasteiger partial charge in [-0.15, -0.1) is 0 Å². The highest BCUT2D eigenvalue weighted by atomic mass is 32.2. The van der Waals surface area contributed by atoms with Crippen molar-refractivity contribution in [3.05, 3.63) is 12.4 Å². The lowest BCUT2D eigenvalue weighted by atomic mass is 10.1. The van der Waals surface area contributed by atoms with Gasteiger partial charge >= 0.3 is 5.97 Å². The van der Waals surface area contributed by atoms with Crippen molar-refractivity contribution in [3.8, 4) is 0 Å². The minimum absolute atomic E-state index is 0.0661. The first-order valence-electron chi connectivity index (χ1n) is 6.76. The molecular weight excluding hydrogens is 312 g/mol. The summed E-state index contributed by atoms with van der Waals surface area (Å²) in [6.07, 6.45) is 4.20. The van der Waals surface area contributed by atoms with Crippen molar-refractivity contribution in [2.75, 3.05) is 6.54 Å². The van der Waals surface area contributed by atoms with E-state index in [-0.39, 0.29) is 4.90 Å². The average molecular weight is 332 g/mol. The van der Waals surface area contributed by atoms with E-state index < -0.39 is 34.5 Å². The van der Waals surface area contributed by atoms with Crippen molar-refractivity contribution in [1.29, 1.82) is 0 Å². The van der Waals surface area contributed by atoms with Crippen LogP contribution in [-0.2, 0) is 26.7 Å². The number of nitrogens with zero attached hydrogens (tertiary/aromatic N) is 2. The molecule has 0 aliphatic heterocycles. The number of carbonyl (C=O) groups is 2. The third-order valence-corrected chi connectivity index (χ3v) is 4.25. The van der Waals surface area contributed by atoms with Crippen molar-refractivity contribution in [1.82, 2.24) is 19.8 Å². The normalized spacial score (nSPS) is 12.8. The SMILES string of the molecule is CCCC[C@H](NC(=O)CNS(=O)(=O)c1cnn(C)c1)C(=O)O. The molecule has 0 fully saturated rings. The summed E-state index contributed by atoms with van der Waals surface area (Å²) in [6.45, 7) is 1.37. The Morgan fingerprint density at radius 1 is 1.45 bits per heavy atom. The minimum Gasteiger partial charge on any atom is -0.480 e. The van der Waals surface area contributed by atoms with Gasteiger partial charge in [0.1, 0.15) is 10.9 Å². The fourth-order valence-corrected chi connectivity index (χ4v) is 2.66. The molecule has 0 radical (unpaired) electrons. The van der Waals surface area contributed by atoms with Crippen LogP contribution in [0.2, 0.25) is 0 Å². The largest absolute Gasteiger partial charge is 0.480 e. The summed E-state index contributed by atoms with van der Waals surface area (Å²) in [7, 11) is -2.28. The number of amides is 1. The zero-order valence-electron chi connectivity index (χ0n) is 12.4. The Morgan fingerprint density at radius 2 is 2.14 bits per heavy atom. The Morgan fingerprint density at radius 3 is 2.64 bits per heavy atom. The van der Waals surface area contributed by atoms with Crippen LogP contribution < -0.4 is 10.0 Å². The number of aromatic nitrogens is 2. The van der Waals surface area contributed by atoms with Gasteiger partial charge in [-0.1, -0.05) is 19.8 Å². The molecule has 9 nitrogen and oxygen atoms in total. The molecule has 0 saturated heterocycles. The fourth-order valence-electron chi connectivity index (χ4n) is 1.69. The minimum atomic E-state index is -3.85. The number of aryl methyl sites for hydroxylation is 1. The second-order valence-electron chi connectivity index (χ2n) is 4.77. The lowest BCUT2D eigenvalue weighted by Crippen LogP contribution is -2.45. The molecule has 22 heavy (non-hydrogen) atoms. The Kier molecular flexibility index (Phi) is 6.50. The topological polar surface area (TPSA) is 130 Å². The number of unbranched alkanes of at least 4 members (excludes halogenated alkanes) is 1.